The molecule has 36 heavy (non-hydrogen) atoms. The standard InChI is InChI=1S/C28H35NO6S/c1-5-6-7-8-12-21-15-16-22(36-21)14-13-20(3)26(31)25-23(30)18-24(35-27(25)32)19(2)11-9-10-17-29-28(33)34-4/h5,10,13,15-19,30H,1,6-9,11-12,14H2,2-4H3,(H,29,33)/b17-10+,20-13-. The molecule has 0 radical (unpaired) electrons. The number of hydrogen-bond donors (Lipinski definition) is 2. The monoisotopic (exact) mass is 513 g/mol. The molecule has 7 nitrogen and oxygen atoms in total. The van der Waals surface area contributed by atoms with Gasteiger partial charge in [0.2, 0.25) is 0 Å². The Kier molecular flexibility index (Phi) is 11.9. The van der Waals surface area contributed by atoms with E-state index in [0.717, 1.165) is 30.6 Å². The number of thiophene rings is 1. The zero-order valence-electron chi connectivity index (χ0n) is 21.2. The molecule has 2 heterocycles. The van der Waals surface area contributed by atoms with Gasteiger partial charge in [-0.05, 0) is 63.2 Å². The van der Waals surface area contributed by atoms with Gasteiger partial charge in [-0.3, -0.25) is 10.1 Å². The van der Waals surface area contributed by atoms with Crippen molar-refractivity contribution in [1.29, 1.82) is 0 Å². The number of carbonyl (C=O) groups excluding carboxylic acids is 2. The Hall–Kier alpha value is -3.39. The largest absolute Gasteiger partial charge is 0.507 e. The molecule has 1 atom stereocenters. The fourth-order valence-electron chi connectivity index (χ4n) is 3.51. The Morgan fingerprint density at radius 1 is 1.25 bits per heavy atom. The smallest absolute Gasteiger partial charge is 0.410 e. The molecule has 2 aromatic rings. The van der Waals surface area contributed by atoms with Gasteiger partial charge in [0.1, 0.15) is 17.1 Å². The summed E-state index contributed by atoms with van der Waals surface area (Å²) in [6.45, 7) is 7.23. The summed E-state index contributed by atoms with van der Waals surface area (Å²) in [6, 6.07) is 5.51. The number of allylic oxidation sites excluding steroid dienone is 4. The summed E-state index contributed by atoms with van der Waals surface area (Å²) in [5, 5.41) is 12.9. The number of ether oxygens (including phenoxy) is 1. The first-order valence-electron chi connectivity index (χ1n) is 12.0. The molecule has 2 N–H and O–H groups in total. The predicted octanol–water partition coefficient (Wildman–Crippen LogP) is 6.43. The lowest BCUT2D eigenvalue weighted by molar-refractivity contribution is 0.102. The molecule has 0 fully saturated rings. The van der Waals surface area contributed by atoms with Gasteiger partial charge in [0.05, 0.1) is 7.11 Å². The minimum atomic E-state index is -0.851. The first kappa shape index (κ1) is 28.8. The van der Waals surface area contributed by atoms with Crippen molar-refractivity contribution in [2.75, 3.05) is 7.11 Å². The lowest BCUT2D eigenvalue weighted by Crippen LogP contribution is -2.17. The Labute approximate surface area is 216 Å². The van der Waals surface area contributed by atoms with E-state index in [9.17, 15) is 19.5 Å². The summed E-state index contributed by atoms with van der Waals surface area (Å²) in [4.78, 5) is 38.9. The normalized spacial score (nSPS) is 12.5. The summed E-state index contributed by atoms with van der Waals surface area (Å²) in [6.07, 6.45) is 12.4. The summed E-state index contributed by atoms with van der Waals surface area (Å²) in [5.74, 6) is -0.814. The maximum Gasteiger partial charge on any atom is 0.410 e. The number of Topliss-reactive ketones (excluding diaryl/α,β-unsaturated/α-hetero) is 1. The van der Waals surface area contributed by atoms with E-state index in [1.165, 1.54) is 24.3 Å². The SMILES string of the molecule is C=CCCCCc1ccc(C/C=C(/C)C(=O)c2c(O)cc(C(C)CC/C=C/NC(=O)OC)oc2=O)s1. The highest BCUT2D eigenvalue weighted by Crippen LogP contribution is 2.26. The van der Waals surface area contributed by atoms with E-state index in [4.69, 9.17) is 4.42 Å². The number of unbranched alkanes of at least 4 members (excludes halogenated alkanes) is 2. The van der Waals surface area contributed by atoms with Crippen LogP contribution in [-0.2, 0) is 17.6 Å². The first-order valence-corrected chi connectivity index (χ1v) is 12.8. The maximum atomic E-state index is 12.9. The van der Waals surface area contributed by atoms with Crippen molar-refractivity contribution in [2.45, 2.75) is 64.7 Å². The van der Waals surface area contributed by atoms with E-state index >= 15 is 0 Å². The van der Waals surface area contributed by atoms with Crippen LogP contribution in [0.25, 0.3) is 0 Å². The van der Waals surface area contributed by atoms with Crippen LogP contribution in [0.1, 0.15) is 77.7 Å². The van der Waals surface area contributed by atoms with Crippen molar-refractivity contribution >= 4 is 23.2 Å². The number of carbonyl (C=O) groups is 2. The number of alkyl carbamates (subject to hydrolysis) is 1. The van der Waals surface area contributed by atoms with Crippen LogP contribution in [0.2, 0.25) is 0 Å². The minimum absolute atomic E-state index is 0.183. The first-order chi connectivity index (χ1) is 17.3. The van der Waals surface area contributed by atoms with Gasteiger partial charge in [0, 0.05) is 34.4 Å². The molecule has 0 aliphatic rings. The number of aryl methyl sites for hydroxylation is 1. The molecule has 0 aliphatic carbocycles. The van der Waals surface area contributed by atoms with Crippen LogP contribution in [-0.4, -0.2) is 24.1 Å². The summed E-state index contributed by atoms with van der Waals surface area (Å²) >= 11 is 1.72. The fourth-order valence-corrected chi connectivity index (χ4v) is 4.53. The predicted molar refractivity (Wildman–Crippen MR) is 143 cm³/mol. The lowest BCUT2D eigenvalue weighted by Gasteiger charge is -2.11. The molecular formula is C28H35NO6S. The van der Waals surface area contributed by atoms with Crippen LogP contribution in [0.3, 0.4) is 0 Å². The van der Waals surface area contributed by atoms with Gasteiger partial charge in [0.15, 0.2) is 5.78 Å². The summed E-state index contributed by atoms with van der Waals surface area (Å²) < 4.78 is 9.84. The summed E-state index contributed by atoms with van der Waals surface area (Å²) in [7, 11) is 1.28. The van der Waals surface area contributed by atoms with E-state index in [1.54, 1.807) is 30.4 Å². The summed E-state index contributed by atoms with van der Waals surface area (Å²) in [5.41, 5.74) is -0.825. The number of aromatic hydroxyl groups is 1. The number of amides is 1. The number of rotatable bonds is 14. The van der Waals surface area contributed by atoms with E-state index in [-0.39, 0.29) is 17.2 Å². The van der Waals surface area contributed by atoms with Crippen LogP contribution in [0.4, 0.5) is 4.79 Å². The van der Waals surface area contributed by atoms with E-state index in [0.29, 0.717) is 30.6 Å². The van der Waals surface area contributed by atoms with Gasteiger partial charge >= 0.3 is 11.7 Å². The molecular weight excluding hydrogens is 478 g/mol. The van der Waals surface area contributed by atoms with Crippen molar-refractivity contribution in [2.24, 2.45) is 0 Å². The average molecular weight is 514 g/mol. The highest BCUT2D eigenvalue weighted by atomic mass is 32.1. The lowest BCUT2D eigenvalue weighted by atomic mass is 9.99. The molecule has 1 unspecified atom stereocenters. The van der Waals surface area contributed by atoms with Gasteiger partial charge in [0.25, 0.3) is 0 Å². The molecule has 0 bridgehead atoms. The van der Waals surface area contributed by atoms with Gasteiger partial charge in [-0.25, -0.2) is 9.59 Å². The second-order valence-electron chi connectivity index (χ2n) is 8.54. The number of methoxy groups -OCH3 is 1. The highest BCUT2D eigenvalue weighted by molar-refractivity contribution is 7.12. The molecule has 0 saturated heterocycles. The molecule has 0 aliphatic heterocycles. The van der Waals surface area contributed by atoms with Crippen LogP contribution >= 0.6 is 11.3 Å². The minimum Gasteiger partial charge on any atom is -0.507 e. The molecule has 0 aromatic carbocycles. The third-order valence-electron chi connectivity index (χ3n) is 5.70. The second kappa shape index (κ2) is 14.9. The molecule has 0 spiro atoms. The zero-order chi connectivity index (χ0) is 26.5. The van der Waals surface area contributed by atoms with Gasteiger partial charge in [-0.2, -0.15) is 0 Å². The van der Waals surface area contributed by atoms with E-state index in [2.05, 4.69) is 28.8 Å². The van der Waals surface area contributed by atoms with E-state index < -0.39 is 17.5 Å². The fraction of sp³-hybridized carbons (Fsp3) is 0.393. The van der Waals surface area contributed by atoms with Crippen molar-refractivity contribution < 1.29 is 23.8 Å². The quantitative estimate of drug-likeness (QED) is 0.130. The molecule has 1 amide bonds. The van der Waals surface area contributed by atoms with Crippen LogP contribution < -0.4 is 10.9 Å². The van der Waals surface area contributed by atoms with Crippen molar-refractivity contribution in [3.8, 4) is 5.75 Å². The Bertz CT molecular complexity index is 1160. The molecule has 0 saturated carbocycles. The Morgan fingerprint density at radius 2 is 2.00 bits per heavy atom. The van der Waals surface area contributed by atoms with Gasteiger partial charge in [-0.15, -0.1) is 17.9 Å². The maximum absolute atomic E-state index is 12.9. The third kappa shape index (κ3) is 9.00. The Morgan fingerprint density at radius 3 is 2.69 bits per heavy atom. The van der Waals surface area contributed by atoms with Crippen molar-refractivity contribution in [3.63, 3.8) is 0 Å². The van der Waals surface area contributed by atoms with Gasteiger partial charge in [-0.1, -0.05) is 25.2 Å². The molecule has 2 aromatic heterocycles. The van der Waals surface area contributed by atoms with Crippen LogP contribution in [0.15, 0.2) is 64.0 Å². The van der Waals surface area contributed by atoms with Gasteiger partial charge < -0.3 is 14.3 Å². The number of ketones is 1. The molecule has 2 rings (SSSR count). The Balaban J connectivity index is 1.99. The molecule has 8 heteroatoms. The van der Waals surface area contributed by atoms with Crippen molar-refractivity contribution in [3.05, 3.63) is 86.3 Å². The van der Waals surface area contributed by atoms with Crippen LogP contribution in [0, 0.1) is 0 Å². The third-order valence-corrected chi connectivity index (χ3v) is 6.87. The van der Waals surface area contributed by atoms with Crippen LogP contribution in [0.5, 0.6) is 5.75 Å². The highest BCUT2D eigenvalue weighted by Gasteiger charge is 2.22. The van der Waals surface area contributed by atoms with E-state index in [1.807, 2.05) is 13.0 Å². The number of hydrogen-bond acceptors (Lipinski definition) is 7. The number of nitrogens with one attached hydrogen (secondary N) is 1. The average Bonchev–Trinajstić information content (AvgIpc) is 3.31. The topological polar surface area (TPSA) is 106 Å². The molecule has 194 valence electrons. The van der Waals surface area contributed by atoms with Crippen molar-refractivity contribution in [1.82, 2.24) is 5.32 Å². The zero-order valence-corrected chi connectivity index (χ0v) is 22.0. The second-order valence-corrected chi connectivity index (χ2v) is 9.79.